The van der Waals surface area contributed by atoms with E-state index in [1.54, 1.807) is 34.9 Å². The number of nitrogens with zero attached hydrogens (tertiary/aromatic N) is 1. The number of aromatic nitrogens is 1. The summed E-state index contributed by atoms with van der Waals surface area (Å²) in [7, 11) is 0. The fourth-order valence-corrected chi connectivity index (χ4v) is 2.88. The van der Waals surface area contributed by atoms with Gasteiger partial charge in [0.2, 0.25) is 0 Å². The molecule has 4 aromatic rings. The van der Waals surface area contributed by atoms with Crippen molar-refractivity contribution >= 4 is 16.4 Å². The maximum atomic E-state index is 14.2. The van der Waals surface area contributed by atoms with Crippen LogP contribution in [0.4, 0.5) is 17.6 Å². The molecule has 2 aromatic carbocycles. The van der Waals surface area contributed by atoms with Crippen LogP contribution in [0.2, 0.25) is 0 Å². The summed E-state index contributed by atoms with van der Waals surface area (Å²) in [6, 6.07) is 12.3. The highest BCUT2D eigenvalue weighted by Gasteiger charge is 2.22. The standard InChI is InChI=1S/C18H9F4N/c19-12-9-13(20)18(22)16(17(12)21)11-8-10-4-1-2-5-14(10)23-7-3-6-15(11)23/h1-9H. The van der Waals surface area contributed by atoms with Crippen LogP contribution in [0.5, 0.6) is 0 Å². The lowest BCUT2D eigenvalue weighted by atomic mass is 10.0. The van der Waals surface area contributed by atoms with E-state index in [0.717, 1.165) is 5.52 Å². The van der Waals surface area contributed by atoms with E-state index in [1.165, 1.54) is 6.07 Å². The number of rotatable bonds is 1. The highest BCUT2D eigenvalue weighted by molar-refractivity contribution is 5.93. The zero-order valence-electron chi connectivity index (χ0n) is 11.7. The third-order valence-electron chi connectivity index (χ3n) is 3.90. The quantitative estimate of drug-likeness (QED) is 0.331. The van der Waals surface area contributed by atoms with Crippen molar-refractivity contribution in [2.24, 2.45) is 0 Å². The zero-order chi connectivity index (χ0) is 16.1. The molecule has 0 atom stereocenters. The molecule has 0 saturated heterocycles. The number of hydrogen-bond donors (Lipinski definition) is 0. The molecule has 0 aliphatic carbocycles. The van der Waals surface area contributed by atoms with Crippen molar-refractivity contribution in [3.63, 3.8) is 0 Å². The van der Waals surface area contributed by atoms with Gasteiger partial charge in [0, 0.05) is 17.8 Å². The average Bonchev–Trinajstić information content (AvgIpc) is 3.03. The number of halogens is 4. The molecule has 0 fully saturated rings. The smallest absolute Gasteiger partial charge is 0.169 e. The van der Waals surface area contributed by atoms with Crippen LogP contribution in [-0.4, -0.2) is 4.40 Å². The van der Waals surface area contributed by atoms with Crippen molar-refractivity contribution in [3.05, 3.63) is 78.0 Å². The van der Waals surface area contributed by atoms with Crippen molar-refractivity contribution in [2.45, 2.75) is 0 Å². The van der Waals surface area contributed by atoms with Gasteiger partial charge in [0.1, 0.15) is 0 Å². The summed E-state index contributed by atoms with van der Waals surface area (Å²) >= 11 is 0. The summed E-state index contributed by atoms with van der Waals surface area (Å²) in [4.78, 5) is 0. The van der Waals surface area contributed by atoms with Crippen molar-refractivity contribution in [3.8, 4) is 11.1 Å². The van der Waals surface area contributed by atoms with E-state index in [0.29, 0.717) is 10.9 Å². The number of fused-ring (bicyclic) bond motifs is 3. The Bertz CT molecular complexity index is 1040. The molecule has 23 heavy (non-hydrogen) atoms. The van der Waals surface area contributed by atoms with Gasteiger partial charge in [-0.25, -0.2) is 17.6 Å². The molecule has 0 amide bonds. The molecule has 0 aliphatic heterocycles. The number of para-hydroxylation sites is 1. The minimum Gasteiger partial charge on any atom is -0.316 e. The Hall–Kier alpha value is -2.82. The third-order valence-corrected chi connectivity index (χ3v) is 3.90. The molecule has 1 nitrogen and oxygen atoms in total. The first-order chi connectivity index (χ1) is 11.1. The predicted molar refractivity (Wildman–Crippen MR) is 80.2 cm³/mol. The highest BCUT2D eigenvalue weighted by atomic mass is 19.2. The van der Waals surface area contributed by atoms with Crippen molar-refractivity contribution in [1.29, 1.82) is 0 Å². The van der Waals surface area contributed by atoms with Crippen LogP contribution < -0.4 is 0 Å². The molecular formula is C18H9F4N. The Morgan fingerprint density at radius 3 is 2.09 bits per heavy atom. The maximum absolute atomic E-state index is 14.2. The van der Waals surface area contributed by atoms with E-state index < -0.39 is 28.8 Å². The van der Waals surface area contributed by atoms with E-state index in [1.807, 2.05) is 12.1 Å². The van der Waals surface area contributed by atoms with Gasteiger partial charge in [-0.3, -0.25) is 0 Å². The van der Waals surface area contributed by atoms with Crippen LogP contribution in [-0.2, 0) is 0 Å². The van der Waals surface area contributed by atoms with E-state index >= 15 is 0 Å². The Kier molecular flexibility index (Phi) is 2.91. The molecule has 0 bridgehead atoms. The van der Waals surface area contributed by atoms with Gasteiger partial charge in [-0.2, -0.15) is 0 Å². The van der Waals surface area contributed by atoms with Gasteiger partial charge in [-0.15, -0.1) is 0 Å². The number of pyridine rings is 1. The van der Waals surface area contributed by atoms with Gasteiger partial charge >= 0.3 is 0 Å². The molecule has 0 saturated carbocycles. The van der Waals surface area contributed by atoms with Crippen LogP contribution in [0.3, 0.4) is 0 Å². The third kappa shape index (κ3) is 1.93. The lowest BCUT2D eigenvalue weighted by Crippen LogP contribution is -2.00. The first-order valence-corrected chi connectivity index (χ1v) is 6.90. The molecule has 0 aliphatic rings. The maximum Gasteiger partial charge on any atom is 0.169 e. The Balaban J connectivity index is 2.20. The molecule has 0 unspecified atom stereocenters. The second kappa shape index (κ2) is 4.84. The molecule has 4 rings (SSSR count). The van der Waals surface area contributed by atoms with E-state index in [-0.39, 0.29) is 11.6 Å². The molecule has 5 heteroatoms. The highest BCUT2D eigenvalue weighted by Crippen LogP contribution is 2.35. The molecular weight excluding hydrogens is 306 g/mol. The van der Waals surface area contributed by atoms with Crippen LogP contribution >= 0.6 is 0 Å². The summed E-state index contributed by atoms with van der Waals surface area (Å²) in [5.41, 5.74) is 0.694. The fourth-order valence-electron chi connectivity index (χ4n) is 2.88. The normalized spacial score (nSPS) is 11.5. The van der Waals surface area contributed by atoms with E-state index in [2.05, 4.69) is 0 Å². The average molecular weight is 315 g/mol. The largest absolute Gasteiger partial charge is 0.316 e. The molecule has 0 N–H and O–H groups in total. The van der Waals surface area contributed by atoms with Gasteiger partial charge in [-0.05, 0) is 29.7 Å². The first kappa shape index (κ1) is 13.8. The summed E-state index contributed by atoms with van der Waals surface area (Å²) in [6.07, 6.45) is 1.73. The summed E-state index contributed by atoms with van der Waals surface area (Å²) in [6.45, 7) is 0. The van der Waals surface area contributed by atoms with Gasteiger partial charge in [-0.1, -0.05) is 18.2 Å². The van der Waals surface area contributed by atoms with Crippen LogP contribution in [0.1, 0.15) is 0 Å². The minimum absolute atomic E-state index is 0.0992. The number of benzene rings is 2. The van der Waals surface area contributed by atoms with Gasteiger partial charge in [0.15, 0.2) is 23.3 Å². The first-order valence-electron chi connectivity index (χ1n) is 6.90. The number of hydrogen-bond acceptors (Lipinski definition) is 0. The molecule has 0 radical (unpaired) electrons. The minimum atomic E-state index is -1.42. The van der Waals surface area contributed by atoms with Crippen LogP contribution in [0.15, 0.2) is 54.7 Å². The van der Waals surface area contributed by atoms with Crippen molar-refractivity contribution in [1.82, 2.24) is 4.40 Å². The van der Waals surface area contributed by atoms with E-state index in [4.69, 9.17) is 0 Å². The fraction of sp³-hybridized carbons (Fsp3) is 0. The molecule has 0 spiro atoms. The monoisotopic (exact) mass is 315 g/mol. The van der Waals surface area contributed by atoms with E-state index in [9.17, 15) is 17.6 Å². The van der Waals surface area contributed by atoms with Crippen molar-refractivity contribution < 1.29 is 17.6 Å². The lowest BCUT2D eigenvalue weighted by Gasteiger charge is -2.12. The molecule has 2 aromatic heterocycles. The van der Waals surface area contributed by atoms with Crippen LogP contribution in [0.25, 0.3) is 27.5 Å². The summed E-state index contributed by atoms with van der Waals surface area (Å²) in [5.74, 6) is -5.64. The Morgan fingerprint density at radius 1 is 0.696 bits per heavy atom. The van der Waals surface area contributed by atoms with Crippen LogP contribution in [0, 0.1) is 23.3 Å². The Morgan fingerprint density at radius 2 is 1.35 bits per heavy atom. The van der Waals surface area contributed by atoms with Gasteiger partial charge in [0.25, 0.3) is 0 Å². The lowest BCUT2D eigenvalue weighted by molar-refractivity contribution is 0.458. The van der Waals surface area contributed by atoms with Gasteiger partial charge in [0.05, 0.1) is 16.6 Å². The molecule has 2 heterocycles. The molecule has 114 valence electrons. The Labute approximate surface area is 128 Å². The van der Waals surface area contributed by atoms with Crippen molar-refractivity contribution in [2.75, 3.05) is 0 Å². The predicted octanol–water partition coefficient (Wildman–Crippen LogP) is 5.32. The summed E-state index contributed by atoms with van der Waals surface area (Å²) in [5, 5.41) is 0.703. The zero-order valence-corrected chi connectivity index (χ0v) is 11.7. The second-order valence-corrected chi connectivity index (χ2v) is 5.22. The summed E-state index contributed by atoms with van der Waals surface area (Å²) < 4.78 is 57.2. The SMILES string of the molecule is Fc1cc(F)c(F)c(-c2cc3ccccc3n3cccc23)c1F. The topological polar surface area (TPSA) is 4.41 Å². The second-order valence-electron chi connectivity index (χ2n) is 5.22. The van der Waals surface area contributed by atoms with Gasteiger partial charge < -0.3 is 4.40 Å².